The molecule has 98 valence electrons. The van der Waals surface area contributed by atoms with Crippen LogP contribution in [0.4, 0.5) is 0 Å². The van der Waals surface area contributed by atoms with Crippen molar-refractivity contribution in [3.63, 3.8) is 0 Å². The van der Waals surface area contributed by atoms with E-state index in [1.807, 2.05) is 60.7 Å². The summed E-state index contributed by atoms with van der Waals surface area (Å²) in [5.41, 5.74) is 3.70. The van der Waals surface area contributed by atoms with Crippen molar-refractivity contribution in [2.24, 2.45) is 0 Å². The maximum Gasteiger partial charge on any atom is 0.0407 e. The van der Waals surface area contributed by atoms with Gasteiger partial charge < -0.3 is 0 Å². The van der Waals surface area contributed by atoms with Gasteiger partial charge in [0.2, 0.25) is 0 Å². The molecule has 2 rings (SSSR count). The second kappa shape index (κ2) is 9.18. The summed E-state index contributed by atoms with van der Waals surface area (Å²) in [6.07, 6.45) is 5.80. The predicted molar refractivity (Wildman–Crippen MR) is 87.5 cm³/mol. The molecule has 19 heavy (non-hydrogen) atoms. The lowest BCUT2D eigenvalue weighted by molar-refractivity contribution is 1.45. The summed E-state index contributed by atoms with van der Waals surface area (Å²) in [7, 11) is 0. The fraction of sp³-hybridized carbons (Fsp3) is 0.111. The van der Waals surface area contributed by atoms with Crippen LogP contribution in [0, 0.1) is 6.92 Å². The van der Waals surface area contributed by atoms with E-state index < -0.39 is 0 Å². The van der Waals surface area contributed by atoms with Crippen LogP contribution in [0.5, 0.6) is 0 Å². The van der Waals surface area contributed by atoms with E-state index in [2.05, 4.69) is 25.6 Å². The van der Waals surface area contributed by atoms with Gasteiger partial charge in [0.1, 0.15) is 0 Å². The van der Waals surface area contributed by atoms with Crippen LogP contribution in [0.1, 0.15) is 16.7 Å². The van der Waals surface area contributed by atoms with Gasteiger partial charge in [-0.05, 0) is 23.6 Å². The summed E-state index contributed by atoms with van der Waals surface area (Å²) in [4.78, 5) is 0. The van der Waals surface area contributed by atoms with Gasteiger partial charge in [-0.2, -0.15) is 0 Å². The number of rotatable bonds is 3. The lowest BCUT2D eigenvalue weighted by Gasteiger charge is -1.95. The standard InChI is InChI=1S/C9H9Cl.C9H10/c10-8-4-7-9-5-2-1-3-6-9;1-3-9-7-5-4-6-8(9)2/h1-7H,8H2;3-7H,1H2,2H3. The van der Waals surface area contributed by atoms with Crippen LogP contribution in [0.3, 0.4) is 0 Å². The lowest BCUT2D eigenvalue weighted by Crippen LogP contribution is -1.75. The smallest absolute Gasteiger partial charge is 0.0407 e. The number of hydrogen-bond acceptors (Lipinski definition) is 0. The Morgan fingerprint density at radius 3 is 2.16 bits per heavy atom. The van der Waals surface area contributed by atoms with Crippen LogP contribution in [-0.4, -0.2) is 5.88 Å². The van der Waals surface area contributed by atoms with E-state index in [9.17, 15) is 0 Å². The molecule has 2 aromatic rings. The van der Waals surface area contributed by atoms with Crippen LogP contribution in [0.25, 0.3) is 12.2 Å². The zero-order chi connectivity index (χ0) is 13.9. The molecule has 0 radical (unpaired) electrons. The van der Waals surface area contributed by atoms with Gasteiger partial charge in [-0.1, -0.05) is 79.4 Å². The fourth-order valence-corrected chi connectivity index (χ4v) is 1.65. The number of hydrogen-bond donors (Lipinski definition) is 0. The van der Waals surface area contributed by atoms with Crippen LogP contribution < -0.4 is 0 Å². The second-order valence-corrected chi connectivity index (χ2v) is 4.34. The average Bonchev–Trinajstić information content (AvgIpc) is 2.47. The number of allylic oxidation sites excluding steroid dienone is 1. The van der Waals surface area contributed by atoms with E-state index in [0.29, 0.717) is 5.88 Å². The fourth-order valence-electron chi connectivity index (χ4n) is 1.56. The van der Waals surface area contributed by atoms with Crippen molar-refractivity contribution in [2.75, 3.05) is 5.88 Å². The van der Waals surface area contributed by atoms with E-state index in [4.69, 9.17) is 11.6 Å². The first kappa shape index (κ1) is 15.3. The van der Waals surface area contributed by atoms with Gasteiger partial charge in [0, 0.05) is 5.88 Å². The molecule has 0 aliphatic carbocycles. The molecule has 0 amide bonds. The number of aryl methyl sites for hydroxylation is 1. The number of alkyl halides is 1. The van der Waals surface area contributed by atoms with E-state index in [0.717, 1.165) is 0 Å². The highest BCUT2D eigenvalue weighted by molar-refractivity contribution is 6.19. The van der Waals surface area contributed by atoms with E-state index >= 15 is 0 Å². The molecule has 0 saturated carbocycles. The molecule has 1 heteroatoms. The van der Waals surface area contributed by atoms with Crippen molar-refractivity contribution < 1.29 is 0 Å². The summed E-state index contributed by atoms with van der Waals surface area (Å²) in [6.45, 7) is 5.77. The molecule has 0 nitrogen and oxygen atoms in total. The summed E-state index contributed by atoms with van der Waals surface area (Å²) < 4.78 is 0. The summed E-state index contributed by atoms with van der Waals surface area (Å²) in [6, 6.07) is 18.3. The van der Waals surface area contributed by atoms with Crippen molar-refractivity contribution >= 4 is 23.8 Å². The van der Waals surface area contributed by atoms with E-state index in [-0.39, 0.29) is 0 Å². The minimum atomic E-state index is 0.578. The normalized spacial score (nSPS) is 9.79. The monoisotopic (exact) mass is 270 g/mol. The van der Waals surface area contributed by atoms with E-state index in [1.165, 1.54) is 16.7 Å². The van der Waals surface area contributed by atoms with Gasteiger partial charge in [0.25, 0.3) is 0 Å². The van der Waals surface area contributed by atoms with Crippen LogP contribution in [0.2, 0.25) is 0 Å². The van der Waals surface area contributed by atoms with Crippen LogP contribution >= 0.6 is 11.6 Å². The molecule has 0 aromatic heterocycles. The van der Waals surface area contributed by atoms with Crippen molar-refractivity contribution in [1.82, 2.24) is 0 Å². The largest absolute Gasteiger partial charge is 0.122 e. The molecule has 0 atom stereocenters. The van der Waals surface area contributed by atoms with Crippen molar-refractivity contribution in [3.05, 3.63) is 83.9 Å². The van der Waals surface area contributed by atoms with Gasteiger partial charge in [-0.3, -0.25) is 0 Å². The highest BCUT2D eigenvalue weighted by Crippen LogP contribution is 2.06. The molecule has 0 aliphatic rings. The predicted octanol–water partition coefficient (Wildman–Crippen LogP) is 5.58. The summed E-state index contributed by atoms with van der Waals surface area (Å²) in [5, 5.41) is 0. The zero-order valence-electron chi connectivity index (χ0n) is 11.2. The Morgan fingerprint density at radius 1 is 1.00 bits per heavy atom. The molecule has 0 aliphatic heterocycles. The Kier molecular flexibility index (Phi) is 7.38. The SMILES string of the molecule is C=Cc1ccccc1C.ClCC=Cc1ccccc1. The third-order valence-corrected chi connectivity index (χ3v) is 2.79. The van der Waals surface area contributed by atoms with Crippen LogP contribution in [-0.2, 0) is 0 Å². The molecular weight excluding hydrogens is 252 g/mol. The van der Waals surface area contributed by atoms with Crippen molar-refractivity contribution in [1.29, 1.82) is 0 Å². The molecule has 0 heterocycles. The molecule has 0 saturated heterocycles. The molecule has 0 unspecified atom stereocenters. The first-order valence-corrected chi connectivity index (χ1v) is 6.77. The highest BCUT2D eigenvalue weighted by Gasteiger charge is 1.86. The third-order valence-electron chi connectivity index (χ3n) is 2.61. The first-order valence-electron chi connectivity index (χ1n) is 6.23. The molecule has 0 spiro atoms. The van der Waals surface area contributed by atoms with Crippen molar-refractivity contribution in [2.45, 2.75) is 6.92 Å². The minimum absolute atomic E-state index is 0.578. The van der Waals surface area contributed by atoms with Gasteiger partial charge in [-0.15, -0.1) is 11.6 Å². The van der Waals surface area contributed by atoms with E-state index in [1.54, 1.807) is 0 Å². The maximum atomic E-state index is 5.46. The first-order chi connectivity index (χ1) is 9.27. The summed E-state index contributed by atoms with van der Waals surface area (Å²) in [5.74, 6) is 0.578. The Balaban J connectivity index is 0.000000191. The molecule has 0 bridgehead atoms. The van der Waals surface area contributed by atoms with Gasteiger partial charge in [0.15, 0.2) is 0 Å². The van der Waals surface area contributed by atoms with Crippen molar-refractivity contribution in [3.8, 4) is 0 Å². The van der Waals surface area contributed by atoms with Crippen LogP contribution in [0.15, 0.2) is 67.3 Å². The molecule has 0 N–H and O–H groups in total. The molecule has 2 aromatic carbocycles. The Labute approximate surface area is 121 Å². The summed E-state index contributed by atoms with van der Waals surface area (Å²) >= 11 is 5.46. The van der Waals surface area contributed by atoms with Gasteiger partial charge in [0.05, 0.1) is 0 Å². The Morgan fingerprint density at radius 2 is 1.63 bits per heavy atom. The quantitative estimate of drug-likeness (QED) is 0.639. The number of benzene rings is 2. The van der Waals surface area contributed by atoms with Gasteiger partial charge in [-0.25, -0.2) is 0 Å². The highest BCUT2D eigenvalue weighted by atomic mass is 35.5. The average molecular weight is 271 g/mol. The lowest BCUT2D eigenvalue weighted by atomic mass is 10.1. The molecular formula is C18H19Cl. The second-order valence-electron chi connectivity index (χ2n) is 4.03. The zero-order valence-corrected chi connectivity index (χ0v) is 12.0. The Bertz CT molecular complexity index is 512. The Hall–Kier alpha value is -1.79. The van der Waals surface area contributed by atoms with Gasteiger partial charge >= 0.3 is 0 Å². The maximum absolute atomic E-state index is 5.46. The third kappa shape index (κ3) is 6.08. The molecule has 0 fully saturated rings. The topological polar surface area (TPSA) is 0 Å². The minimum Gasteiger partial charge on any atom is -0.122 e. The number of halogens is 1.